The normalized spacial score (nSPS) is 41.5. The van der Waals surface area contributed by atoms with Crippen molar-refractivity contribution >= 4 is 5.97 Å². The van der Waals surface area contributed by atoms with Crippen molar-refractivity contribution in [1.29, 1.82) is 0 Å². The third-order valence-electron chi connectivity index (χ3n) is 4.85. The molecule has 2 saturated carbocycles. The number of hydrogen-bond acceptors (Lipinski definition) is 2. The lowest BCUT2D eigenvalue weighted by molar-refractivity contribution is -0.145. The zero-order valence-corrected chi connectivity index (χ0v) is 10.1. The van der Waals surface area contributed by atoms with E-state index in [1.165, 1.54) is 25.7 Å². The van der Waals surface area contributed by atoms with Gasteiger partial charge in [-0.05, 0) is 49.0 Å². The van der Waals surface area contributed by atoms with Crippen LogP contribution in [0.15, 0.2) is 0 Å². The Labute approximate surface area is 97.4 Å². The van der Waals surface area contributed by atoms with Crippen LogP contribution >= 0.6 is 0 Å². The third-order valence-corrected chi connectivity index (χ3v) is 4.85. The van der Waals surface area contributed by atoms with Crippen LogP contribution in [-0.4, -0.2) is 17.6 Å². The van der Waals surface area contributed by atoms with Crippen LogP contribution in [0.4, 0.5) is 0 Å². The van der Waals surface area contributed by atoms with E-state index in [2.05, 4.69) is 6.92 Å². The number of aliphatic carboxylic acids is 1. The highest BCUT2D eigenvalue weighted by Gasteiger charge is 2.57. The van der Waals surface area contributed by atoms with Gasteiger partial charge in [0.25, 0.3) is 0 Å². The van der Waals surface area contributed by atoms with E-state index in [4.69, 9.17) is 10.8 Å². The molecule has 0 amide bonds. The van der Waals surface area contributed by atoms with Crippen molar-refractivity contribution in [2.24, 2.45) is 28.9 Å². The monoisotopic (exact) mass is 225 g/mol. The SMILES string of the molecule is CCC[C@H]1C[C@H]2C[C@@](CN)(CC(=O)O)[C@H]2C1. The average molecular weight is 225 g/mol. The van der Waals surface area contributed by atoms with Gasteiger partial charge in [0.05, 0.1) is 6.42 Å². The Bertz CT molecular complexity index is 279. The van der Waals surface area contributed by atoms with Crippen LogP contribution in [-0.2, 0) is 4.79 Å². The fourth-order valence-corrected chi connectivity index (χ4v) is 4.18. The fraction of sp³-hybridized carbons (Fsp3) is 0.923. The first-order chi connectivity index (χ1) is 7.61. The molecule has 2 aliphatic carbocycles. The second kappa shape index (κ2) is 4.36. The number of carboxylic acids is 1. The van der Waals surface area contributed by atoms with Gasteiger partial charge >= 0.3 is 5.97 Å². The molecule has 16 heavy (non-hydrogen) atoms. The highest BCUT2D eigenvalue weighted by atomic mass is 16.4. The predicted octanol–water partition coefficient (Wildman–Crippen LogP) is 2.25. The minimum Gasteiger partial charge on any atom is -0.481 e. The Balaban J connectivity index is 1.98. The number of fused-ring (bicyclic) bond motifs is 1. The molecule has 2 fully saturated rings. The molecule has 92 valence electrons. The van der Waals surface area contributed by atoms with Crippen LogP contribution in [0.5, 0.6) is 0 Å². The standard InChI is InChI=1S/C13H23NO2/c1-2-3-9-4-10-6-13(8-14,7-12(15)16)11(10)5-9/h9-11H,2-8,14H2,1H3,(H,15,16)/t9-,10-,11-,13-/m0/s1. The molecule has 0 aromatic rings. The first-order valence-electron chi connectivity index (χ1n) is 6.53. The maximum absolute atomic E-state index is 10.9. The fourth-order valence-electron chi connectivity index (χ4n) is 4.18. The second-order valence-electron chi connectivity index (χ2n) is 5.83. The summed E-state index contributed by atoms with van der Waals surface area (Å²) in [6.45, 7) is 2.78. The summed E-state index contributed by atoms with van der Waals surface area (Å²) in [5.74, 6) is 1.54. The molecule has 0 unspecified atom stereocenters. The predicted molar refractivity (Wildman–Crippen MR) is 63.0 cm³/mol. The van der Waals surface area contributed by atoms with Crippen molar-refractivity contribution < 1.29 is 9.90 Å². The summed E-state index contributed by atoms with van der Waals surface area (Å²) in [5.41, 5.74) is 5.77. The van der Waals surface area contributed by atoms with E-state index in [9.17, 15) is 4.79 Å². The zero-order chi connectivity index (χ0) is 11.8. The maximum atomic E-state index is 10.9. The molecule has 3 N–H and O–H groups in total. The molecule has 2 aliphatic rings. The molecule has 0 spiro atoms. The van der Waals surface area contributed by atoms with Gasteiger partial charge < -0.3 is 10.8 Å². The van der Waals surface area contributed by atoms with Crippen molar-refractivity contribution in [1.82, 2.24) is 0 Å². The van der Waals surface area contributed by atoms with Crippen LogP contribution in [0.25, 0.3) is 0 Å². The van der Waals surface area contributed by atoms with Gasteiger partial charge in [-0.1, -0.05) is 19.8 Å². The Kier molecular flexibility index (Phi) is 3.24. The van der Waals surface area contributed by atoms with Crippen molar-refractivity contribution in [2.75, 3.05) is 6.54 Å². The van der Waals surface area contributed by atoms with Crippen molar-refractivity contribution in [2.45, 2.75) is 45.4 Å². The average Bonchev–Trinajstić information content (AvgIpc) is 2.54. The van der Waals surface area contributed by atoms with Gasteiger partial charge in [0.2, 0.25) is 0 Å². The molecule has 0 aliphatic heterocycles. The summed E-state index contributed by atoms with van der Waals surface area (Å²) in [4.78, 5) is 10.9. The van der Waals surface area contributed by atoms with Gasteiger partial charge in [-0.3, -0.25) is 4.79 Å². The van der Waals surface area contributed by atoms with Crippen molar-refractivity contribution in [3.05, 3.63) is 0 Å². The molecular formula is C13H23NO2. The minimum absolute atomic E-state index is 0.0566. The molecule has 0 radical (unpaired) electrons. The topological polar surface area (TPSA) is 63.3 Å². The first kappa shape index (κ1) is 11.9. The van der Waals surface area contributed by atoms with E-state index in [-0.39, 0.29) is 11.8 Å². The highest BCUT2D eigenvalue weighted by molar-refractivity contribution is 5.68. The van der Waals surface area contributed by atoms with Crippen LogP contribution in [0.1, 0.15) is 45.4 Å². The van der Waals surface area contributed by atoms with E-state index in [0.717, 1.165) is 18.3 Å². The molecule has 2 rings (SSSR count). The lowest BCUT2D eigenvalue weighted by atomic mass is 9.53. The lowest BCUT2D eigenvalue weighted by Gasteiger charge is -2.51. The smallest absolute Gasteiger partial charge is 0.303 e. The minimum atomic E-state index is -0.678. The molecule has 0 aromatic heterocycles. The lowest BCUT2D eigenvalue weighted by Crippen LogP contribution is -2.51. The number of nitrogens with two attached hydrogens (primary N) is 1. The molecule has 0 aromatic carbocycles. The number of carboxylic acid groups (broad SMARTS) is 1. The molecule has 0 bridgehead atoms. The molecule has 0 saturated heterocycles. The summed E-state index contributed by atoms with van der Waals surface area (Å²) in [5, 5.41) is 8.98. The third kappa shape index (κ3) is 1.86. The number of rotatable bonds is 5. The van der Waals surface area contributed by atoms with Crippen LogP contribution in [0, 0.1) is 23.2 Å². The van der Waals surface area contributed by atoms with Gasteiger partial charge in [-0.15, -0.1) is 0 Å². The van der Waals surface area contributed by atoms with Crippen molar-refractivity contribution in [3.63, 3.8) is 0 Å². The summed E-state index contributed by atoms with van der Waals surface area (Å²) in [6.07, 6.45) is 6.44. The highest BCUT2D eigenvalue weighted by Crippen LogP contribution is 2.62. The number of carbonyl (C=O) groups is 1. The van der Waals surface area contributed by atoms with E-state index in [0.29, 0.717) is 12.5 Å². The van der Waals surface area contributed by atoms with Crippen LogP contribution in [0.3, 0.4) is 0 Å². The molecule has 3 heteroatoms. The zero-order valence-electron chi connectivity index (χ0n) is 10.1. The molecular weight excluding hydrogens is 202 g/mol. The Morgan fingerprint density at radius 2 is 2.25 bits per heavy atom. The second-order valence-corrected chi connectivity index (χ2v) is 5.83. The van der Waals surface area contributed by atoms with Gasteiger partial charge in [-0.2, -0.15) is 0 Å². The van der Waals surface area contributed by atoms with Crippen molar-refractivity contribution in [3.8, 4) is 0 Å². The van der Waals surface area contributed by atoms with Crippen LogP contribution in [0.2, 0.25) is 0 Å². The van der Waals surface area contributed by atoms with Gasteiger partial charge in [0.15, 0.2) is 0 Å². The molecule has 4 atom stereocenters. The summed E-state index contributed by atoms with van der Waals surface area (Å²) in [7, 11) is 0. The van der Waals surface area contributed by atoms with Crippen LogP contribution < -0.4 is 5.73 Å². The van der Waals surface area contributed by atoms with E-state index >= 15 is 0 Å². The first-order valence-corrected chi connectivity index (χ1v) is 6.53. The number of hydrogen-bond donors (Lipinski definition) is 2. The van der Waals surface area contributed by atoms with E-state index in [1.54, 1.807) is 0 Å². The molecule has 3 nitrogen and oxygen atoms in total. The van der Waals surface area contributed by atoms with Gasteiger partial charge in [-0.25, -0.2) is 0 Å². The molecule has 0 heterocycles. The van der Waals surface area contributed by atoms with Gasteiger partial charge in [0.1, 0.15) is 0 Å². The Morgan fingerprint density at radius 1 is 1.50 bits per heavy atom. The van der Waals surface area contributed by atoms with E-state index < -0.39 is 5.97 Å². The summed E-state index contributed by atoms with van der Waals surface area (Å²) in [6, 6.07) is 0. The quantitative estimate of drug-likeness (QED) is 0.754. The summed E-state index contributed by atoms with van der Waals surface area (Å²) >= 11 is 0. The largest absolute Gasteiger partial charge is 0.481 e. The summed E-state index contributed by atoms with van der Waals surface area (Å²) < 4.78 is 0. The van der Waals surface area contributed by atoms with E-state index in [1.807, 2.05) is 0 Å². The Hall–Kier alpha value is -0.570. The van der Waals surface area contributed by atoms with Gasteiger partial charge in [0, 0.05) is 0 Å². The Morgan fingerprint density at radius 3 is 2.81 bits per heavy atom. The maximum Gasteiger partial charge on any atom is 0.303 e.